The van der Waals surface area contributed by atoms with Crippen molar-refractivity contribution in [2.75, 3.05) is 0 Å². The molecular weight excluding hydrogens is 408 g/mol. The maximum Gasteiger partial charge on any atom is 0.270 e. The fourth-order valence-electron chi connectivity index (χ4n) is 3.13. The molecule has 6 heteroatoms. The molecule has 0 bridgehead atoms. The molecule has 0 radical (unpaired) electrons. The van der Waals surface area contributed by atoms with Gasteiger partial charge in [-0.05, 0) is 75.0 Å². The van der Waals surface area contributed by atoms with Crippen molar-refractivity contribution in [3.05, 3.63) is 51.0 Å². The second-order valence-corrected chi connectivity index (χ2v) is 8.94. The van der Waals surface area contributed by atoms with Crippen molar-refractivity contribution in [3.63, 3.8) is 0 Å². The fraction of sp³-hybridized carbons (Fsp3) is 0.429. The van der Waals surface area contributed by atoms with Gasteiger partial charge in [0.1, 0.15) is 5.75 Å². The van der Waals surface area contributed by atoms with E-state index in [1.807, 2.05) is 33.8 Å². The van der Waals surface area contributed by atoms with Crippen LogP contribution in [0.5, 0.6) is 5.75 Å². The fourth-order valence-corrected chi connectivity index (χ4v) is 3.56. The highest BCUT2D eigenvalue weighted by atomic mass is 79.9. The van der Waals surface area contributed by atoms with Crippen molar-refractivity contribution >= 4 is 27.7 Å². The minimum Gasteiger partial charge on any atom is -0.506 e. The molecule has 0 saturated carbocycles. The van der Waals surface area contributed by atoms with Crippen LogP contribution in [0.15, 0.2) is 39.9 Å². The Balaban J connectivity index is 2.33. The van der Waals surface area contributed by atoms with Crippen LogP contribution in [0.2, 0.25) is 0 Å². The number of benzene rings is 1. The molecule has 0 fully saturated rings. The lowest BCUT2D eigenvalue weighted by atomic mass is 9.91. The lowest BCUT2D eigenvalue weighted by Gasteiger charge is -2.37. The zero-order valence-electron chi connectivity index (χ0n) is 16.7. The van der Waals surface area contributed by atoms with E-state index in [0.29, 0.717) is 27.6 Å². The summed E-state index contributed by atoms with van der Waals surface area (Å²) in [6.07, 6.45) is 4.64. The molecule has 0 aromatic heterocycles. The van der Waals surface area contributed by atoms with Crippen LogP contribution < -0.4 is 5.43 Å². The molecule has 0 saturated heterocycles. The molecule has 2 rings (SSSR count). The van der Waals surface area contributed by atoms with E-state index in [9.17, 15) is 14.7 Å². The Labute approximate surface area is 169 Å². The number of hydrogen-bond donors (Lipinski definition) is 2. The van der Waals surface area contributed by atoms with Crippen LogP contribution in [-0.2, 0) is 4.79 Å². The third kappa shape index (κ3) is 4.80. The van der Waals surface area contributed by atoms with Crippen LogP contribution in [0.4, 0.5) is 0 Å². The SMILES string of the molecule is CC1=CC(C)CC(C(=O)N(NC(=O)c2ccc(Br)c(O)c2C)C(C)(C)C)=C1. The van der Waals surface area contributed by atoms with E-state index in [2.05, 4.69) is 34.4 Å². The zero-order valence-corrected chi connectivity index (χ0v) is 18.3. The van der Waals surface area contributed by atoms with E-state index >= 15 is 0 Å². The normalized spacial score (nSPS) is 17.1. The average molecular weight is 435 g/mol. The Bertz CT molecular complexity index is 835. The second-order valence-electron chi connectivity index (χ2n) is 8.08. The van der Waals surface area contributed by atoms with Gasteiger partial charge in [0, 0.05) is 16.7 Å². The van der Waals surface area contributed by atoms with Gasteiger partial charge in [0.25, 0.3) is 11.8 Å². The summed E-state index contributed by atoms with van der Waals surface area (Å²) in [6, 6.07) is 3.23. The maximum atomic E-state index is 13.2. The summed E-state index contributed by atoms with van der Waals surface area (Å²) in [5.41, 5.74) is 4.62. The Morgan fingerprint density at radius 3 is 2.44 bits per heavy atom. The van der Waals surface area contributed by atoms with Crippen molar-refractivity contribution in [2.45, 2.75) is 53.5 Å². The average Bonchev–Trinajstić information content (AvgIpc) is 2.55. The van der Waals surface area contributed by atoms with Crippen molar-refractivity contribution < 1.29 is 14.7 Å². The first-order valence-corrected chi connectivity index (χ1v) is 9.73. The Hall–Kier alpha value is -2.08. The van der Waals surface area contributed by atoms with E-state index in [1.54, 1.807) is 19.1 Å². The molecule has 27 heavy (non-hydrogen) atoms. The topological polar surface area (TPSA) is 69.6 Å². The molecule has 0 spiro atoms. The summed E-state index contributed by atoms with van der Waals surface area (Å²) in [5.74, 6) is -0.359. The molecule has 1 atom stereocenters. The Morgan fingerprint density at radius 2 is 1.89 bits per heavy atom. The summed E-state index contributed by atoms with van der Waals surface area (Å²) in [6.45, 7) is 11.3. The predicted molar refractivity (Wildman–Crippen MR) is 110 cm³/mol. The number of nitrogens with zero attached hydrogens (tertiary/aromatic N) is 1. The first-order chi connectivity index (χ1) is 12.4. The van der Waals surface area contributed by atoms with Gasteiger partial charge in [0.05, 0.1) is 10.0 Å². The molecule has 2 N–H and O–H groups in total. The molecule has 1 aromatic carbocycles. The van der Waals surface area contributed by atoms with E-state index in [4.69, 9.17) is 0 Å². The predicted octanol–water partition coefficient (Wildman–Crippen LogP) is 4.65. The number of nitrogens with one attached hydrogen (secondary N) is 1. The smallest absolute Gasteiger partial charge is 0.270 e. The molecule has 5 nitrogen and oxygen atoms in total. The lowest BCUT2D eigenvalue weighted by Crippen LogP contribution is -2.56. The van der Waals surface area contributed by atoms with Gasteiger partial charge in [0.2, 0.25) is 0 Å². The van der Waals surface area contributed by atoms with Gasteiger partial charge in [0.15, 0.2) is 0 Å². The molecule has 1 unspecified atom stereocenters. The summed E-state index contributed by atoms with van der Waals surface area (Å²) in [5, 5.41) is 11.5. The third-order valence-corrected chi connectivity index (χ3v) is 5.12. The standard InChI is InChI=1S/C21H27BrN2O3/c1-12-9-13(2)11-15(10-12)20(27)24(21(4,5)6)23-19(26)16-7-8-17(22)18(25)14(16)3/h7-10,13,25H,11H2,1-6H3,(H,23,26). The van der Waals surface area contributed by atoms with Gasteiger partial charge in [-0.3, -0.25) is 15.0 Å². The highest BCUT2D eigenvalue weighted by Crippen LogP contribution is 2.30. The van der Waals surface area contributed by atoms with Crippen molar-refractivity contribution in [3.8, 4) is 5.75 Å². The molecule has 2 amide bonds. The minimum absolute atomic E-state index is 0.0147. The van der Waals surface area contributed by atoms with Crippen LogP contribution in [0.3, 0.4) is 0 Å². The second kappa shape index (κ2) is 7.89. The van der Waals surface area contributed by atoms with Gasteiger partial charge < -0.3 is 5.11 Å². The van der Waals surface area contributed by atoms with Crippen LogP contribution in [0.25, 0.3) is 0 Å². The third-order valence-electron chi connectivity index (χ3n) is 4.48. The van der Waals surface area contributed by atoms with Gasteiger partial charge in [-0.2, -0.15) is 0 Å². The molecule has 0 aliphatic heterocycles. The number of hydrazine groups is 1. The van der Waals surface area contributed by atoms with Crippen LogP contribution in [0, 0.1) is 12.8 Å². The summed E-state index contributed by atoms with van der Waals surface area (Å²) in [7, 11) is 0. The summed E-state index contributed by atoms with van der Waals surface area (Å²) >= 11 is 3.24. The van der Waals surface area contributed by atoms with E-state index < -0.39 is 11.4 Å². The highest BCUT2D eigenvalue weighted by Gasteiger charge is 2.32. The maximum absolute atomic E-state index is 13.2. The van der Waals surface area contributed by atoms with Crippen LogP contribution in [-0.4, -0.2) is 27.5 Å². The number of carbonyl (C=O) groups is 2. The first kappa shape index (κ1) is 21.2. The van der Waals surface area contributed by atoms with Crippen LogP contribution >= 0.6 is 15.9 Å². The Morgan fingerprint density at radius 1 is 1.26 bits per heavy atom. The van der Waals surface area contributed by atoms with E-state index in [-0.39, 0.29) is 17.6 Å². The number of phenolic OH excluding ortho intramolecular Hbond substituents is 1. The molecule has 146 valence electrons. The molecule has 1 aliphatic carbocycles. The van der Waals surface area contributed by atoms with Gasteiger partial charge in [-0.15, -0.1) is 0 Å². The summed E-state index contributed by atoms with van der Waals surface area (Å²) in [4.78, 5) is 26.0. The van der Waals surface area contributed by atoms with E-state index in [0.717, 1.165) is 5.57 Å². The minimum atomic E-state index is -0.614. The monoisotopic (exact) mass is 434 g/mol. The molecular formula is C21H27BrN2O3. The number of halogens is 1. The number of rotatable bonds is 2. The highest BCUT2D eigenvalue weighted by molar-refractivity contribution is 9.10. The van der Waals surface area contributed by atoms with Gasteiger partial charge >= 0.3 is 0 Å². The van der Waals surface area contributed by atoms with Crippen molar-refractivity contribution in [2.24, 2.45) is 5.92 Å². The number of carbonyl (C=O) groups excluding carboxylic acids is 2. The number of allylic oxidation sites excluding steroid dienone is 3. The van der Waals surface area contributed by atoms with E-state index in [1.165, 1.54) is 5.01 Å². The van der Waals surface area contributed by atoms with Crippen molar-refractivity contribution in [1.29, 1.82) is 0 Å². The zero-order chi connectivity index (χ0) is 20.5. The van der Waals surface area contributed by atoms with Gasteiger partial charge in [-0.25, -0.2) is 5.01 Å². The largest absolute Gasteiger partial charge is 0.506 e. The summed E-state index contributed by atoms with van der Waals surface area (Å²) < 4.78 is 0.518. The molecule has 1 aliphatic rings. The number of phenols is 1. The Kier molecular flexibility index (Phi) is 6.20. The number of aromatic hydroxyl groups is 1. The number of amides is 2. The first-order valence-electron chi connectivity index (χ1n) is 8.94. The van der Waals surface area contributed by atoms with Crippen molar-refractivity contribution in [1.82, 2.24) is 10.4 Å². The molecule has 1 aromatic rings. The van der Waals surface area contributed by atoms with Crippen LogP contribution in [0.1, 0.15) is 57.0 Å². The van der Waals surface area contributed by atoms with Gasteiger partial charge in [-0.1, -0.05) is 24.6 Å². The number of hydrogen-bond acceptors (Lipinski definition) is 3. The quantitative estimate of drug-likeness (QED) is 0.665. The molecule has 0 heterocycles. The lowest BCUT2D eigenvalue weighted by molar-refractivity contribution is -0.135.